The summed E-state index contributed by atoms with van der Waals surface area (Å²) < 4.78 is 0. The van der Waals surface area contributed by atoms with Crippen LogP contribution >= 0.6 is 0 Å². The fourth-order valence-corrected chi connectivity index (χ4v) is 3.60. The topological polar surface area (TPSA) is 234 Å². The van der Waals surface area contributed by atoms with Crippen LogP contribution in [0.25, 0.3) is 0 Å². The highest BCUT2D eigenvalue weighted by molar-refractivity contribution is 5.94. The Morgan fingerprint density at radius 3 is 1.85 bits per heavy atom. The number of carboxylic acids is 1. The maximum absolute atomic E-state index is 13.0. The molecule has 0 aliphatic carbocycles. The molecule has 0 bridgehead atoms. The Balaban J connectivity index is 2.11. The molecule has 2 aromatic rings. The SMILES string of the molecule is NC(=O)CCC(NC(=O)C(Cc1ccccc1)NC(=O)C(CO)NC(=O)C(N)Cc1ccc(O)cc1)C(=O)O. The number of hydrogen-bond acceptors (Lipinski definition) is 8. The number of aliphatic hydroxyl groups is 1. The van der Waals surface area contributed by atoms with Gasteiger partial charge in [0.1, 0.15) is 23.9 Å². The number of benzene rings is 2. The number of primary amides is 1. The molecule has 210 valence electrons. The first kappa shape index (κ1) is 30.7. The number of carboxylic acid groups (broad SMARTS) is 1. The summed E-state index contributed by atoms with van der Waals surface area (Å²) in [6, 6.07) is 9.34. The number of phenols is 1. The smallest absolute Gasteiger partial charge is 0.326 e. The monoisotopic (exact) mass is 543 g/mol. The number of hydrogen-bond donors (Lipinski definition) is 8. The predicted octanol–water partition coefficient (Wildman–Crippen LogP) is -1.70. The van der Waals surface area contributed by atoms with Crippen LogP contribution in [-0.4, -0.2) is 75.7 Å². The van der Waals surface area contributed by atoms with E-state index in [2.05, 4.69) is 16.0 Å². The highest BCUT2D eigenvalue weighted by Gasteiger charge is 2.30. The van der Waals surface area contributed by atoms with Gasteiger partial charge in [0.2, 0.25) is 23.6 Å². The van der Waals surface area contributed by atoms with Crippen LogP contribution < -0.4 is 27.4 Å². The minimum atomic E-state index is -1.46. The van der Waals surface area contributed by atoms with Gasteiger partial charge in [-0.15, -0.1) is 0 Å². The summed E-state index contributed by atoms with van der Waals surface area (Å²) >= 11 is 0. The van der Waals surface area contributed by atoms with Crippen molar-refractivity contribution in [3.63, 3.8) is 0 Å². The van der Waals surface area contributed by atoms with Gasteiger partial charge in [0.15, 0.2) is 0 Å². The van der Waals surface area contributed by atoms with E-state index in [0.29, 0.717) is 11.1 Å². The van der Waals surface area contributed by atoms with Crippen LogP contribution in [0.3, 0.4) is 0 Å². The van der Waals surface area contributed by atoms with Gasteiger partial charge in [0, 0.05) is 12.8 Å². The lowest BCUT2D eigenvalue weighted by atomic mass is 10.0. The number of carbonyl (C=O) groups is 5. The fourth-order valence-electron chi connectivity index (χ4n) is 3.60. The van der Waals surface area contributed by atoms with E-state index in [0.717, 1.165) is 0 Å². The molecule has 4 atom stereocenters. The number of nitrogens with two attached hydrogens (primary N) is 2. The van der Waals surface area contributed by atoms with Crippen LogP contribution in [0.5, 0.6) is 5.75 Å². The van der Waals surface area contributed by atoms with E-state index in [4.69, 9.17) is 11.5 Å². The zero-order valence-corrected chi connectivity index (χ0v) is 21.1. The van der Waals surface area contributed by atoms with E-state index >= 15 is 0 Å². The molecule has 0 heterocycles. The first-order valence-electron chi connectivity index (χ1n) is 12.1. The van der Waals surface area contributed by atoms with E-state index in [1.165, 1.54) is 12.1 Å². The van der Waals surface area contributed by atoms with Gasteiger partial charge in [0.25, 0.3) is 0 Å². The first-order valence-corrected chi connectivity index (χ1v) is 12.1. The van der Waals surface area contributed by atoms with Crippen LogP contribution in [0.2, 0.25) is 0 Å². The summed E-state index contributed by atoms with van der Waals surface area (Å²) in [5, 5.41) is 35.7. The van der Waals surface area contributed by atoms with Gasteiger partial charge in [0.05, 0.1) is 12.6 Å². The molecule has 0 fully saturated rings. The Bertz CT molecular complexity index is 1140. The fraction of sp³-hybridized carbons (Fsp3) is 0.346. The zero-order valence-electron chi connectivity index (χ0n) is 21.1. The first-order chi connectivity index (χ1) is 18.5. The third-order valence-electron chi connectivity index (χ3n) is 5.75. The predicted molar refractivity (Wildman–Crippen MR) is 139 cm³/mol. The molecule has 0 saturated carbocycles. The number of aromatic hydroxyl groups is 1. The molecule has 4 amide bonds. The summed E-state index contributed by atoms with van der Waals surface area (Å²) in [7, 11) is 0. The molecule has 2 aromatic carbocycles. The summed E-state index contributed by atoms with van der Waals surface area (Å²) in [6.07, 6.45) is -0.480. The molecular formula is C26H33N5O8. The number of amides is 4. The van der Waals surface area contributed by atoms with Gasteiger partial charge in [-0.25, -0.2) is 4.79 Å². The molecule has 0 aliphatic rings. The lowest BCUT2D eigenvalue weighted by molar-refractivity contribution is -0.142. The van der Waals surface area contributed by atoms with Crippen LogP contribution in [-0.2, 0) is 36.8 Å². The highest BCUT2D eigenvalue weighted by Crippen LogP contribution is 2.11. The normalized spacial score (nSPS) is 13.8. The third kappa shape index (κ3) is 10.4. The number of carbonyl (C=O) groups excluding carboxylic acids is 4. The van der Waals surface area contributed by atoms with Crippen molar-refractivity contribution < 1.29 is 39.3 Å². The average molecular weight is 544 g/mol. The van der Waals surface area contributed by atoms with Gasteiger partial charge < -0.3 is 42.7 Å². The van der Waals surface area contributed by atoms with Crippen LogP contribution in [0.4, 0.5) is 0 Å². The molecular weight excluding hydrogens is 510 g/mol. The molecule has 0 saturated heterocycles. The van der Waals surface area contributed by atoms with E-state index in [1.54, 1.807) is 42.5 Å². The molecule has 4 unspecified atom stereocenters. The van der Waals surface area contributed by atoms with E-state index in [9.17, 15) is 39.3 Å². The van der Waals surface area contributed by atoms with Crippen molar-refractivity contribution in [2.45, 2.75) is 49.9 Å². The molecule has 0 radical (unpaired) electrons. The molecule has 0 spiro atoms. The number of rotatable bonds is 15. The van der Waals surface area contributed by atoms with Crippen molar-refractivity contribution in [2.24, 2.45) is 11.5 Å². The minimum Gasteiger partial charge on any atom is -0.508 e. The Labute approximate surface area is 224 Å². The lowest BCUT2D eigenvalue weighted by Gasteiger charge is -2.24. The van der Waals surface area contributed by atoms with Crippen molar-refractivity contribution in [3.05, 3.63) is 65.7 Å². The summed E-state index contributed by atoms with van der Waals surface area (Å²) in [5.41, 5.74) is 12.3. The second-order valence-electron chi connectivity index (χ2n) is 8.88. The number of aliphatic carboxylic acids is 1. The van der Waals surface area contributed by atoms with Gasteiger partial charge in [-0.05, 0) is 36.1 Å². The van der Waals surface area contributed by atoms with E-state index in [1.807, 2.05) is 0 Å². The number of nitrogens with one attached hydrogen (secondary N) is 3. The largest absolute Gasteiger partial charge is 0.508 e. The Hall–Kier alpha value is -4.49. The molecule has 0 aliphatic heterocycles. The third-order valence-corrected chi connectivity index (χ3v) is 5.75. The Kier molecular flexibility index (Phi) is 11.9. The van der Waals surface area contributed by atoms with Crippen molar-refractivity contribution in [2.75, 3.05) is 6.61 Å². The van der Waals surface area contributed by atoms with Crippen LogP contribution in [0.15, 0.2) is 54.6 Å². The van der Waals surface area contributed by atoms with Gasteiger partial charge in [-0.3, -0.25) is 19.2 Å². The molecule has 0 aromatic heterocycles. The summed E-state index contributed by atoms with van der Waals surface area (Å²) in [4.78, 5) is 61.2. The average Bonchev–Trinajstić information content (AvgIpc) is 2.90. The van der Waals surface area contributed by atoms with Crippen molar-refractivity contribution >= 4 is 29.6 Å². The Morgan fingerprint density at radius 2 is 1.28 bits per heavy atom. The Morgan fingerprint density at radius 1 is 0.744 bits per heavy atom. The van der Waals surface area contributed by atoms with Crippen molar-refractivity contribution in [1.29, 1.82) is 0 Å². The second-order valence-corrected chi connectivity index (χ2v) is 8.88. The number of phenolic OH excluding ortho intramolecular Hbond substituents is 1. The standard InChI is InChI=1S/C26H33N5O8/c27-18(12-16-6-8-17(33)9-7-16)23(35)31-21(14-32)25(37)30-20(13-15-4-2-1-3-5-15)24(36)29-19(26(38)39)10-11-22(28)34/h1-9,18-21,32-33H,10-14,27H2,(H2,28,34)(H,29,36)(H,30,37)(H,31,35)(H,38,39). The van der Waals surface area contributed by atoms with Gasteiger partial charge in [-0.1, -0.05) is 42.5 Å². The van der Waals surface area contributed by atoms with Crippen molar-refractivity contribution in [3.8, 4) is 5.75 Å². The molecule has 10 N–H and O–H groups in total. The maximum atomic E-state index is 13.0. The minimum absolute atomic E-state index is 0.0347. The number of aliphatic hydroxyl groups excluding tert-OH is 1. The lowest BCUT2D eigenvalue weighted by Crippen LogP contribution is -2.58. The second kappa shape index (κ2) is 15.1. The summed E-state index contributed by atoms with van der Waals surface area (Å²) in [5.74, 6) is -4.57. The maximum Gasteiger partial charge on any atom is 0.326 e. The molecule has 13 heteroatoms. The molecule has 13 nitrogen and oxygen atoms in total. The zero-order chi connectivity index (χ0) is 28.9. The van der Waals surface area contributed by atoms with Crippen molar-refractivity contribution in [1.82, 2.24) is 16.0 Å². The van der Waals surface area contributed by atoms with Gasteiger partial charge in [-0.2, -0.15) is 0 Å². The molecule has 39 heavy (non-hydrogen) atoms. The highest BCUT2D eigenvalue weighted by atomic mass is 16.4. The quantitative estimate of drug-likeness (QED) is 0.128. The van der Waals surface area contributed by atoms with Crippen LogP contribution in [0.1, 0.15) is 24.0 Å². The van der Waals surface area contributed by atoms with E-state index in [-0.39, 0.29) is 31.4 Å². The van der Waals surface area contributed by atoms with Crippen LogP contribution in [0, 0.1) is 0 Å². The summed E-state index contributed by atoms with van der Waals surface area (Å²) in [6.45, 7) is -0.806. The van der Waals surface area contributed by atoms with Gasteiger partial charge >= 0.3 is 5.97 Å². The molecule has 2 rings (SSSR count). The van der Waals surface area contributed by atoms with E-state index < -0.39 is 60.4 Å².